The van der Waals surface area contributed by atoms with E-state index < -0.39 is 4.92 Å². The van der Waals surface area contributed by atoms with E-state index in [0.717, 1.165) is 19.3 Å². The lowest BCUT2D eigenvalue weighted by atomic mass is 10.0. The highest BCUT2D eigenvalue weighted by molar-refractivity contribution is 5.98. The van der Waals surface area contributed by atoms with Crippen molar-refractivity contribution in [2.24, 2.45) is 11.7 Å². The molecule has 21 heavy (non-hydrogen) atoms. The molecular formula is C15H21N3O3. The van der Waals surface area contributed by atoms with E-state index in [0.29, 0.717) is 13.1 Å². The van der Waals surface area contributed by atoms with Crippen molar-refractivity contribution < 1.29 is 9.72 Å². The van der Waals surface area contributed by atoms with Gasteiger partial charge in [0.1, 0.15) is 5.56 Å². The van der Waals surface area contributed by atoms with Crippen LogP contribution >= 0.6 is 0 Å². The summed E-state index contributed by atoms with van der Waals surface area (Å²) in [6.07, 6.45) is 2.98. The second-order valence-corrected chi connectivity index (χ2v) is 5.36. The lowest BCUT2D eigenvalue weighted by Gasteiger charge is -2.31. The highest BCUT2D eigenvalue weighted by Crippen LogP contribution is 2.31. The van der Waals surface area contributed by atoms with Gasteiger partial charge in [-0.25, -0.2) is 0 Å². The van der Waals surface area contributed by atoms with Gasteiger partial charge in [0.05, 0.1) is 4.92 Å². The largest absolute Gasteiger partial charge is 0.335 e. The van der Waals surface area contributed by atoms with Gasteiger partial charge in [0.25, 0.3) is 11.6 Å². The topological polar surface area (TPSA) is 89.5 Å². The number of nitrogens with zero attached hydrogens (tertiary/aromatic N) is 2. The molecule has 2 N–H and O–H groups in total. The number of amides is 1. The van der Waals surface area contributed by atoms with Crippen LogP contribution in [0.15, 0.2) is 24.3 Å². The van der Waals surface area contributed by atoms with Crippen LogP contribution in [0.4, 0.5) is 5.69 Å². The molecule has 0 aromatic heterocycles. The van der Waals surface area contributed by atoms with Gasteiger partial charge in [0, 0.05) is 18.7 Å². The predicted octanol–water partition coefficient (Wildman–Crippen LogP) is 2.18. The fourth-order valence-electron chi connectivity index (χ4n) is 3.20. The summed E-state index contributed by atoms with van der Waals surface area (Å²) in [5, 5.41) is 11.1. The van der Waals surface area contributed by atoms with Crippen molar-refractivity contribution in [1.29, 1.82) is 0 Å². The van der Waals surface area contributed by atoms with Crippen molar-refractivity contribution in [2.45, 2.75) is 32.2 Å². The van der Waals surface area contributed by atoms with Gasteiger partial charge in [-0.1, -0.05) is 18.6 Å². The maximum Gasteiger partial charge on any atom is 0.282 e. The molecule has 0 aliphatic heterocycles. The van der Waals surface area contributed by atoms with E-state index in [-0.39, 0.29) is 29.1 Å². The SMILES string of the molecule is CCN(C(=O)c1ccccc1[N+](=O)[O-])C1CCCC1CN. The smallest absolute Gasteiger partial charge is 0.282 e. The monoisotopic (exact) mass is 291 g/mol. The molecule has 1 aromatic rings. The van der Waals surface area contributed by atoms with E-state index >= 15 is 0 Å². The van der Waals surface area contributed by atoms with Crippen LogP contribution < -0.4 is 5.73 Å². The van der Waals surface area contributed by atoms with Gasteiger partial charge in [-0.05, 0) is 38.3 Å². The minimum absolute atomic E-state index is 0.0901. The van der Waals surface area contributed by atoms with Gasteiger partial charge < -0.3 is 10.6 Å². The summed E-state index contributed by atoms with van der Waals surface area (Å²) in [6.45, 7) is 2.98. The van der Waals surface area contributed by atoms with Crippen LogP contribution in [0.25, 0.3) is 0 Å². The number of hydrogen-bond donors (Lipinski definition) is 1. The minimum Gasteiger partial charge on any atom is -0.335 e. The van der Waals surface area contributed by atoms with Gasteiger partial charge in [0.2, 0.25) is 0 Å². The van der Waals surface area contributed by atoms with Gasteiger partial charge in [-0.2, -0.15) is 0 Å². The molecule has 0 spiro atoms. The van der Waals surface area contributed by atoms with Crippen molar-refractivity contribution in [3.63, 3.8) is 0 Å². The van der Waals surface area contributed by atoms with Gasteiger partial charge in [0.15, 0.2) is 0 Å². The van der Waals surface area contributed by atoms with Crippen LogP contribution in [-0.2, 0) is 0 Å². The molecule has 0 bridgehead atoms. The maximum atomic E-state index is 12.7. The van der Waals surface area contributed by atoms with Crippen LogP contribution in [0.1, 0.15) is 36.5 Å². The summed E-state index contributed by atoms with van der Waals surface area (Å²) in [7, 11) is 0. The number of benzene rings is 1. The highest BCUT2D eigenvalue weighted by atomic mass is 16.6. The summed E-state index contributed by atoms with van der Waals surface area (Å²) in [4.78, 5) is 25.1. The Morgan fingerprint density at radius 2 is 2.14 bits per heavy atom. The Morgan fingerprint density at radius 1 is 1.43 bits per heavy atom. The lowest BCUT2D eigenvalue weighted by molar-refractivity contribution is -0.385. The molecule has 1 amide bonds. The van der Waals surface area contributed by atoms with Crippen molar-refractivity contribution in [2.75, 3.05) is 13.1 Å². The number of carbonyl (C=O) groups excluding carboxylic acids is 1. The zero-order valence-electron chi connectivity index (χ0n) is 12.2. The van der Waals surface area contributed by atoms with Gasteiger partial charge in [-0.15, -0.1) is 0 Å². The third-order valence-corrected chi connectivity index (χ3v) is 4.25. The molecule has 1 fully saturated rings. The predicted molar refractivity (Wildman–Crippen MR) is 80.0 cm³/mol. The molecule has 2 unspecified atom stereocenters. The number of carbonyl (C=O) groups is 1. The first-order chi connectivity index (χ1) is 10.1. The van der Waals surface area contributed by atoms with E-state index in [2.05, 4.69) is 0 Å². The Hall–Kier alpha value is -1.95. The number of nitro benzene ring substituents is 1. The highest BCUT2D eigenvalue weighted by Gasteiger charge is 2.35. The van der Waals surface area contributed by atoms with E-state index in [1.165, 1.54) is 12.1 Å². The Labute approximate surface area is 124 Å². The average molecular weight is 291 g/mol. The third kappa shape index (κ3) is 3.05. The molecule has 1 saturated carbocycles. The first-order valence-corrected chi connectivity index (χ1v) is 7.34. The van der Waals surface area contributed by atoms with Crippen LogP contribution in [0, 0.1) is 16.0 Å². The van der Waals surface area contributed by atoms with Crippen molar-refractivity contribution in [3.8, 4) is 0 Å². The Bertz CT molecular complexity index is 533. The van der Waals surface area contributed by atoms with E-state index in [1.807, 2.05) is 6.92 Å². The fraction of sp³-hybridized carbons (Fsp3) is 0.533. The summed E-state index contributed by atoms with van der Waals surface area (Å²) in [5.74, 6) is 0.0202. The normalized spacial score (nSPS) is 21.2. The van der Waals surface area contributed by atoms with Crippen molar-refractivity contribution >= 4 is 11.6 Å². The molecule has 1 aliphatic rings. The quantitative estimate of drug-likeness (QED) is 0.665. The maximum absolute atomic E-state index is 12.7. The molecular weight excluding hydrogens is 270 g/mol. The van der Waals surface area contributed by atoms with E-state index in [4.69, 9.17) is 5.73 Å². The van der Waals surface area contributed by atoms with Crippen LogP contribution in [0.2, 0.25) is 0 Å². The summed E-state index contributed by atoms with van der Waals surface area (Å²) in [5.41, 5.74) is 5.81. The lowest BCUT2D eigenvalue weighted by Crippen LogP contribution is -2.44. The Balaban J connectivity index is 2.31. The summed E-state index contributed by atoms with van der Waals surface area (Å²) < 4.78 is 0. The van der Waals surface area contributed by atoms with E-state index in [9.17, 15) is 14.9 Å². The molecule has 1 aromatic carbocycles. The summed E-state index contributed by atoms with van der Waals surface area (Å²) in [6, 6.07) is 6.21. The van der Waals surface area contributed by atoms with Crippen molar-refractivity contribution in [3.05, 3.63) is 39.9 Å². The van der Waals surface area contributed by atoms with Crippen LogP contribution in [0.3, 0.4) is 0 Å². The molecule has 6 heteroatoms. The second-order valence-electron chi connectivity index (χ2n) is 5.36. The Kier molecular flexibility index (Phi) is 4.90. The molecule has 0 radical (unpaired) electrons. The fourth-order valence-corrected chi connectivity index (χ4v) is 3.20. The average Bonchev–Trinajstić information content (AvgIpc) is 2.96. The van der Waals surface area contributed by atoms with Gasteiger partial charge >= 0.3 is 0 Å². The zero-order chi connectivity index (χ0) is 15.4. The first-order valence-electron chi connectivity index (χ1n) is 7.34. The number of nitro groups is 1. The molecule has 114 valence electrons. The van der Waals surface area contributed by atoms with Gasteiger partial charge in [-0.3, -0.25) is 14.9 Å². The molecule has 2 atom stereocenters. The third-order valence-electron chi connectivity index (χ3n) is 4.25. The minimum atomic E-state index is -0.504. The molecule has 0 saturated heterocycles. The molecule has 0 heterocycles. The second kappa shape index (κ2) is 6.67. The zero-order valence-corrected chi connectivity index (χ0v) is 12.2. The number of nitrogens with two attached hydrogens (primary N) is 1. The van der Waals surface area contributed by atoms with E-state index in [1.54, 1.807) is 17.0 Å². The van der Waals surface area contributed by atoms with Crippen LogP contribution in [-0.4, -0.2) is 34.9 Å². The number of para-hydroxylation sites is 1. The van der Waals surface area contributed by atoms with Crippen LogP contribution in [0.5, 0.6) is 0 Å². The molecule has 1 aliphatic carbocycles. The molecule has 6 nitrogen and oxygen atoms in total. The number of hydrogen-bond acceptors (Lipinski definition) is 4. The number of rotatable bonds is 5. The first kappa shape index (κ1) is 15.4. The standard InChI is InChI=1S/C15H21N3O3/c1-2-17(13-9-5-6-11(13)10-16)15(19)12-7-3-4-8-14(12)18(20)21/h3-4,7-8,11,13H,2,5-6,9-10,16H2,1H3. The summed E-state index contributed by atoms with van der Waals surface area (Å²) >= 11 is 0. The van der Waals surface area contributed by atoms with Crippen molar-refractivity contribution in [1.82, 2.24) is 4.90 Å². The Morgan fingerprint density at radius 3 is 2.76 bits per heavy atom. The molecule has 2 rings (SSSR count).